The van der Waals surface area contributed by atoms with Crippen molar-refractivity contribution in [2.24, 2.45) is 5.92 Å². The number of hydrogen-bond donors (Lipinski definition) is 1. The van der Waals surface area contributed by atoms with Gasteiger partial charge in [-0.15, -0.1) is 0 Å². The molecule has 39 heavy (non-hydrogen) atoms. The summed E-state index contributed by atoms with van der Waals surface area (Å²) in [7, 11) is 1.67. The molecule has 5 aromatic rings. The highest BCUT2D eigenvalue weighted by molar-refractivity contribution is 6.28. The number of ether oxygens (including phenoxy) is 3. The highest BCUT2D eigenvalue weighted by atomic mass is 35.5. The zero-order valence-electron chi connectivity index (χ0n) is 21.1. The Bertz CT molecular complexity index is 1580. The lowest BCUT2D eigenvalue weighted by atomic mass is 9.80. The first-order valence-corrected chi connectivity index (χ1v) is 13.2. The van der Waals surface area contributed by atoms with E-state index in [1.807, 2.05) is 53.1 Å². The van der Waals surface area contributed by atoms with Gasteiger partial charge in [0.2, 0.25) is 5.28 Å². The summed E-state index contributed by atoms with van der Waals surface area (Å²) in [4.78, 5) is 12.7. The van der Waals surface area contributed by atoms with E-state index in [1.165, 1.54) is 0 Å². The van der Waals surface area contributed by atoms with E-state index >= 15 is 0 Å². The minimum atomic E-state index is -0.834. The van der Waals surface area contributed by atoms with Crippen molar-refractivity contribution in [1.29, 1.82) is 0 Å². The van der Waals surface area contributed by atoms with Crippen LogP contribution in [0.5, 0.6) is 5.75 Å². The second-order valence-electron chi connectivity index (χ2n) is 9.88. The molecule has 2 aliphatic rings. The van der Waals surface area contributed by atoms with Crippen molar-refractivity contribution >= 4 is 28.6 Å². The predicted molar refractivity (Wildman–Crippen MR) is 147 cm³/mol. The largest absolute Gasteiger partial charge is 0.497 e. The molecule has 1 saturated heterocycles. The summed E-state index contributed by atoms with van der Waals surface area (Å²) >= 11 is 6.07. The lowest BCUT2D eigenvalue weighted by Gasteiger charge is -2.37. The minimum absolute atomic E-state index is 0.0628. The Labute approximate surface area is 230 Å². The van der Waals surface area contributed by atoms with Crippen LogP contribution < -0.4 is 10.5 Å². The van der Waals surface area contributed by atoms with E-state index in [-0.39, 0.29) is 35.5 Å². The molecule has 0 bridgehead atoms. The van der Waals surface area contributed by atoms with Crippen LogP contribution in [0.25, 0.3) is 11.2 Å². The lowest BCUT2D eigenvalue weighted by Crippen LogP contribution is -2.35. The van der Waals surface area contributed by atoms with Crippen molar-refractivity contribution in [3.63, 3.8) is 0 Å². The molecule has 9 heteroatoms. The maximum Gasteiger partial charge on any atom is 0.226 e. The van der Waals surface area contributed by atoms with E-state index in [9.17, 15) is 0 Å². The molecule has 1 aliphatic carbocycles. The molecule has 2 N–H and O–H groups in total. The van der Waals surface area contributed by atoms with Crippen LogP contribution >= 0.6 is 11.6 Å². The van der Waals surface area contributed by atoms with Crippen LogP contribution in [0, 0.1) is 5.92 Å². The first-order chi connectivity index (χ1) is 19.1. The van der Waals surface area contributed by atoms with Crippen LogP contribution in [-0.4, -0.2) is 38.8 Å². The fourth-order valence-corrected chi connectivity index (χ4v) is 5.93. The van der Waals surface area contributed by atoms with Crippen molar-refractivity contribution in [1.82, 2.24) is 19.5 Å². The molecular weight excluding hydrogens is 514 g/mol. The van der Waals surface area contributed by atoms with Crippen molar-refractivity contribution in [2.45, 2.75) is 30.5 Å². The molecule has 0 spiro atoms. The Hall–Kier alpha value is -3.98. The van der Waals surface area contributed by atoms with Crippen molar-refractivity contribution in [3.05, 3.63) is 113 Å². The quantitative estimate of drug-likeness (QED) is 0.219. The summed E-state index contributed by atoms with van der Waals surface area (Å²) in [6.07, 6.45) is 2.05. The zero-order chi connectivity index (χ0) is 26.6. The lowest BCUT2D eigenvalue weighted by molar-refractivity contribution is -0.0705. The Morgan fingerprint density at radius 2 is 1.56 bits per heavy atom. The summed E-state index contributed by atoms with van der Waals surface area (Å²) in [5.41, 5.74) is 9.36. The summed E-state index contributed by atoms with van der Waals surface area (Å²) in [5, 5.41) is 0.0844. The molecule has 7 rings (SSSR count). The first-order valence-electron chi connectivity index (χ1n) is 12.8. The van der Waals surface area contributed by atoms with Gasteiger partial charge in [0.1, 0.15) is 23.1 Å². The third-order valence-corrected chi connectivity index (χ3v) is 7.89. The molecule has 2 fully saturated rings. The number of rotatable bonds is 7. The zero-order valence-corrected chi connectivity index (χ0v) is 21.9. The summed E-state index contributed by atoms with van der Waals surface area (Å²) in [6.45, 7) is 0. The van der Waals surface area contributed by atoms with E-state index < -0.39 is 5.60 Å². The van der Waals surface area contributed by atoms with Crippen LogP contribution in [0.3, 0.4) is 0 Å². The van der Waals surface area contributed by atoms with Crippen LogP contribution in [0.2, 0.25) is 5.28 Å². The summed E-state index contributed by atoms with van der Waals surface area (Å²) in [5.74, 6) is 1.26. The van der Waals surface area contributed by atoms with Gasteiger partial charge in [0.15, 0.2) is 11.5 Å². The third-order valence-electron chi connectivity index (χ3n) is 7.72. The standard InChI is InChI=1S/C30H26ClN5O3/c1-37-21-14-12-20(13-15-21)30(18-8-4-2-5-9-18,19-10-6-3-7-11-19)39-26-22-16-23(38-25(22)26)36-17-33-24-27(32)34-29(31)35-28(24)36/h2-15,17,22-23,25-26H,16H2,1H3,(H2,32,34,35)/t22?,23-,25+,26?/m1/s1. The number of anilines is 1. The monoisotopic (exact) mass is 539 g/mol. The molecule has 1 saturated carbocycles. The fraction of sp³-hybridized carbons (Fsp3) is 0.233. The van der Waals surface area contributed by atoms with Gasteiger partial charge in [0, 0.05) is 12.3 Å². The van der Waals surface area contributed by atoms with Gasteiger partial charge in [-0.05, 0) is 40.4 Å². The summed E-state index contributed by atoms with van der Waals surface area (Å²) in [6, 6.07) is 28.8. The van der Waals surface area contributed by atoms with Crippen LogP contribution in [-0.2, 0) is 15.1 Å². The molecule has 3 aromatic carbocycles. The number of halogens is 1. The van der Waals surface area contributed by atoms with Crippen LogP contribution in [0.1, 0.15) is 29.3 Å². The van der Waals surface area contributed by atoms with Crippen molar-refractivity contribution < 1.29 is 14.2 Å². The molecule has 2 aromatic heterocycles. The second-order valence-corrected chi connectivity index (χ2v) is 10.2. The Balaban J connectivity index is 1.24. The van der Waals surface area contributed by atoms with Gasteiger partial charge in [-0.2, -0.15) is 9.97 Å². The predicted octanol–water partition coefficient (Wildman–Crippen LogP) is 5.37. The molecular formula is C30H26ClN5O3. The molecule has 0 amide bonds. The van der Waals surface area contributed by atoms with E-state index in [0.717, 1.165) is 28.9 Å². The van der Waals surface area contributed by atoms with Crippen molar-refractivity contribution in [3.8, 4) is 5.75 Å². The first kappa shape index (κ1) is 24.1. The molecule has 4 atom stereocenters. The number of hydrogen-bond acceptors (Lipinski definition) is 7. The van der Waals surface area contributed by atoms with Gasteiger partial charge in [-0.3, -0.25) is 4.57 Å². The van der Waals surface area contributed by atoms with Gasteiger partial charge < -0.3 is 19.9 Å². The van der Waals surface area contributed by atoms with Crippen molar-refractivity contribution in [2.75, 3.05) is 12.8 Å². The number of nitrogen functional groups attached to an aromatic ring is 1. The number of imidazole rings is 1. The van der Waals surface area contributed by atoms with Crippen LogP contribution in [0.15, 0.2) is 91.3 Å². The SMILES string of the molecule is COc1ccc(C(OC2C3C[C@H](n4cnc5c(N)nc(Cl)nc54)O[C@@H]32)(c2ccccc2)c2ccccc2)cc1. The number of aromatic nitrogens is 4. The molecule has 1 aliphatic heterocycles. The van der Waals surface area contributed by atoms with E-state index in [1.54, 1.807) is 13.4 Å². The number of benzene rings is 3. The highest BCUT2D eigenvalue weighted by Gasteiger charge is 2.62. The molecule has 2 unspecified atom stereocenters. The Morgan fingerprint density at radius 3 is 2.15 bits per heavy atom. The maximum atomic E-state index is 7.18. The smallest absolute Gasteiger partial charge is 0.226 e. The normalized spacial score (nSPS) is 22.1. The average Bonchev–Trinajstić information content (AvgIpc) is 3.28. The summed E-state index contributed by atoms with van der Waals surface area (Å²) < 4.78 is 21.0. The number of methoxy groups -OCH3 is 1. The number of nitrogens with two attached hydrogens (primary N) is 1. The Kier molecular flexibility index (Phi) is 5.77. The Morgan fingerprint density at radius 1 is 0.923 bits per heavy atom. The molecule has 3 heterocycles. The van der Waals surface area contributed by atoms with Gasteiger partial charge >= 0.3 is 0 Å². The second kappa shape index (κ2) is 9.34. The van der Waals surface area contributed by atoms with Gasteiger partial charge in [0.05, 0.1) is 25.6 Å². The molecule has 8 nitrogen and oxygen atoms in total. The average molecular weight is 540 g/mol. The van der Waals surface area contributed by atoms with Crippen LogP contribution in [0.4, 0.5) is 5.82 Å². The minimum Gasteiger partial charge on any atom is -0.497 e. The third kappa shape index (κ3) is 3.95. The van der Waals surface area contributed by atoms with E-state index in [0.29, 0.717) is 11.2 Å². The molecule has 0 radical (unpaired) electrons. The van der Waals surface area contributed by atoms with Gasteiger partial charge in [-0.1, -0.05) is 72.8 Å². The maximum absolute atomic E-state index is 7.18. The van der Waals surface area contributed by atoms with Gasteiger partial charge in [-0.25, -0.2) is 4.98 Å². The number of fused-ring (bicyclic) bond motifs is 2. The topological polar surface area (TPSA) is 97.3 Å². The highest BCUT2D eigenvalue weighted by Crippen LogP contribution is 2.56. The van der Waals surface area contributed by atoms with E-state index in [4.69, 9.17) is 31.5 Å². The fourth-order valence-electron chi connectivity index (χ4n) is 5.76. The van der Waals surface area contributed by atoms with Gasteiger partial charge in [0.25, 0.3) is 0 Å². The van der Waals surface area contributed by atoms with E-state index in [2.05, 4.69) is 51.4 Å². The number of nitrogens with zero attached hydrogens (tertiary/aromatic N) is 4. The molecule has 196 valence electrons.